The lowest BCUT2D eigenvalue weighted by Gasteiger charge is -2.11. The Morgan fingerprint density at radius 2 is 1.48 bits per heavy atom. The van der Waals surface area contributed by atoms with E-state index in [0.29, 0.717) is 5.56 Å². The smallest absolute Gasteiger partial charge is 0.306 e. The van der Waals surface area contributed by atoms with Crippen LogP contribution in [0.3, 0.4) is 0 Å². The summed E-state index contributed by atoms with van der Waals surface area (Å²) < 4.78 is 56.8. The van der Waals surface area contributed by atoms with Crippen LogP contribution in [0.15, 0.2) is 51.8 Å². The van der Waals surface area contributed by atoms with Crippen LogP contribution in [0.25, 0.3) is 22.9 Å². The number of nitrogens with two attached hydrogens (primary N) is 1. The van der Waals surface area contributed by atoms with Crippen LogP contribution < -0.4 is 14.2 Å². The zero-order valence-corrected chi connectivity index (χ0v) is 17.4. The Labute approximate surface area is 168 Å². The van der Waals surface area contributed by atoms with Crippen molar-refractivity contribution in [2.75, 3.05) is 25.3 Å². The van der Waals surface area contributed by atoms with Gasteiger partial charge in [0.05, 0.1) is 6.26 Å². The number of aromatic nitrogens is 2. The second kappa shape index (κ2) is 7.46. The molecular formula is C17H18N4O6S2. The van der Waals surface area contributed by atoms with E-state index in [1.54, 1.807) is 0 Å². The van der Waals surface area contributed by atoms with Gasteiger partial charge in [0.1, 0.15) is 4.90 Å². The lowest BCUT2D eigenvalue weighted by Crippen LogP contribution is -2.16. The molecule has 0 spiro atoms. The first kappa shape index (κ1) is 20.8. The van der Waals surface area contributed by atoms with Gasteiger partial charge in [0, 0.05) is 30.9 Å². The molecule has 2 aromatic carbocycles. The molecule has 2 N–H and O–H groups in total. The monoisotopic (exact) mass is 438 g/mol. The molecule has 0 aliphatic carbocycles. The quantitative estimate of drug-likeness (QED) is 0.565. The van der Waals surface area contributed by atoms with Crippen molar-refractivity contribution < 1.29 is 25.4 Å². The standard InChI is InChI=1S/C17H18N4O6S2/c1-21(2)13-7-4-11(5-8-13)16-19-20-17(26-16)12-6-9-14(27-28(3,22)23)15(10-12)29(18,24)25/h4-10H,1-3H3,(H2,18,24,25). The Morgan fingerprint density at radius 3 is 2.00 bits per heavy atom. The fraction of sp³-hybridized carbons (Fsp3) is 0.176. The van der Waals surface area contributed by atoms with Gasteiger partial charge in [0.15, 0.2) is 5.75 Å². The fourth-order valence-electron chi connectivity index (χ4n) is 2.45. The Morgan fingerprint density at radius 1 is 0.931 bits per heavy atom. The minimum Gasteiger partial charge on any atom is -0.416 e. The summed E-state index contributed by atoms with van der Waals surface area (Å²) in [7, 11) is -4.40. The molecule has 0 atom stereocenters. The van der Waals surface area contributed by atoms with Crippen molar-refractivity contribution in [3.8, 4) is 28.7 Å². The number of primary sulfonamides is 1. The third-order valence-corrected chi connectivity index (χ3v) is 5.21. The third-order valence-electron chi connectivity index (χ3n) is 3.79. The first-order valence-electron chi connectivity index (χ1n) is 8.12. The molecular weight excluding hydrogens is 420 g/mol. The highest BCUT2D eigenvalue weighted by atomic mass is 32.2. The van der Waals surface area contributed by atoms with Gasteiger partial charge >= 0.3 is 10.1 Å². The summed E-state index contributed by atoms with van der Waals surface area (Å²) >= 11 is 0. The van der Waals surface area contributed by atoms with Crippen molar-refractivity contribution in [2.24, 2.45) is 5.14 Å². The van der Waals surface area contributed by atoms with Crippen molar-refractivity contribution in [1.29, 1.82) is 0 Å². The second-order valence-electron chi connectivity index (χ2n) is 6.35. The molecule has 0 aliphatic rings. The van der Waals surface area contributed by atoms with E-state index in [9.17, 15) is 16.8 Å². The van der Waals surface area contributed by atoms with E-state index >= 15 is 0 Å². The molecule has 0 saturated heterocycles. The highest BCUT2D eigenvalue weighted by Crippen LogP contribution is 2.31. The molecule has 154 valence electrons. The van der Waals surface area contributed by atoms with Gasteiger partial charge in [-0.3, -0.25) is 0 Å². The fourth-order valence-corrected chi connectivity index (χ4v) is 3.66. The number of hydrogen-bond acceptors (Lipinski definition) is 9. The predicted molar refractivity (Wildman–Crippen MR) is 106 cm³/mol. The van der Waals surface area contributed by atoms with Gasteiger partial charge in [0.25, 0.3) is 0 Å². The van der Waals surface area contributed by atoms with Crippen LogP contribution in [0.2, 0.25) is 0 Å². The molecule has 0 bridgehead atoms. The maximum Gasteiger partial charge on any atom is 0.306 e. The maximum atomic E-state index is 11.9. The number of sulfonamides is 1. The molecule has 10 nitrogen and oxygen atoms in total. The second-order valence-corrected chi connectivity index (χ2v) is 9.45. The predicted octanol–water partition coefficient (Wildman–Crippen LogP) is 1.46. The van der Waals surface area contributed by atoms with Crippen molar-refractivity contribution in [3.05, 3.63) is 42.5 Å². The Balaban J connectivity index is 1.99. The summed E-state index contributed by atoms with van der Waals surface area (Å²) in [5, 5.41) is 13.1. The molecule has 0 amide bonds. The summed E-state index contributed by atoms with van der Waals surface area (Å²) in [6, 6.07) is 11.1. The van der Waals surface area contributed by atoms with E-state index in [2.05, 4.69) is 10.2 Å². The molecule has 0 fully saturated rings. The minimum atomic E-state index is -4.28. The van der Waals surface area contributed by atoms with E-state index in [4.69, 9.17) is 13.7 Å². The van der Waals surface area contributed by atoms with E-state index in [1.165, 1.54) is 6.07 Å². The largest absolute Gasteiger partial charge is 0.416 e. The molecule has 0 aliphatic heterocycles. The zero-order valence-electron chi connectivity index (χ0n) is 15.7. The normalized spacial score (nSPS) is 12.0. The molecule has 0 radical (unpaired) electrons. The van der Waals surface area contributed by atoms with Crippen molar-refractivity contribution in [2.45, 2.75) is 4.90 Å². The number of nitrogens with zero attached hydrogens (tertiary/aromatic N) is 3. The van der Waals surface area contributed by atoms with Crippen molar-refractivity contribution in [3.63, 3.8) is 0 Å². The van der Waals surface area contributed by atoms with Gasteiger partial charge < -0.3 is 13.5 Å². The molecule has 0 unspecified atom stereocenters. The number of hydrogen-bond donors (Lipinski definition) is 1. The van der Waals surface area contributed by atoms with Gasteiger partial charge in [-0.2, -0.15) is 8.42 Å². The average molecular weight is 438 g/mol. The van der Waals surface area contributed by atoms with Crippen LogP contribution in [0, 0.1) is 0 Å². The average Bonchev–Trinajstić information content (AvgIpc) is 3.10. The van der Waals surface area contributed by atoms with Crippen molar-refractivity contribution >= 4 is 25.8 Å². The lowest BCUT2D eigenvalue weighted by molar-refractivity contribution is 0.485. The summed E-state index contributed by atoms with van der Waals surface area (Å²) in [5.41, 5.74) is 1.91. The van der Waals surface area contributed by atoms with E-state index < -0.39 is 30.8 Å². The molecule has 29 heavy (non-hydrogen) atoms. The van der Waals surface area contributed by atoms with Crippen LogP contribution >= 0.6 is 0 Å². The van der Waals surface area contributed by atoms with Gasteiger partial charge in [0.2, 0.25) is 21.8 Å². The maximum absolute atomic E-state index is 11.9. The summed E-state index contributed by atoms with van der Waals surface area (Å²) in [4.78, 5) is 1.42. The first-order chi connectivity index (χ1) is 13.4. The number of anilines is 1. The van der Waals surface area contributed by atoms with Crippen LogP contribution in [-0.4, -0.2) is 47.4 Å². The van der Waals surface area contributed by atoms with Crippen LogP contribution in [0.5, 0.6) is 5.75 Å². The molecule has 3 aromatic rings. The minimum absolute atomic E-state index is 0.0347. The first-order valence-corrected chi connectivity index (χ1v) is 11.5. The van der Waals surface area contributed by atoms with Gasteiger partial charge in [-0.15, -0.1) is 10.2 Å². The van der Waals surface area contributed by atoms with E-state index in [-0.39, 0.29) is 17.3 Å². The summed E-state index contributed by atoms with van der Waals surface area (Å²) in [6.45, 7) is 0. The third kappa shape index (κ3) is 4.91. The number of benzene rings is 2. The summed E-state index contributed by atoms with van der Waals surface area (Å²) in [5.74, 6) is -0.149. The topological polar surface area (TPSA) is 146 Å². The van der Waals surface area contributed by atoms with Crippen LogP contribution in [-0.2, 0) is 20.1 Å². The van der Waals surface area contributed by atoms with Crippen LogP contribution in [0.4, 0.5) is 5.69 Å². The van der Waals surface area contributed by atoms with E-state index in [0.717, 1.165) is 24.1 Å². The van der Waals surface area contributed by atoms with Gasteiger partial charge in [-0.05, 0) is 42.5 Å². The Kier molecular flexibility index (Phi) is 5.34. The SMILES string of the molecule is CN(C)c1ccc(-c2nnc(-c3ccc(OS(C)(=O)=O)c(S(N)(=O)=O)c3)o2)cc1. The highest BCUT2D eigenvalue weighted by Gasteiger charge is 2.21. The molecule has 3 rings (SSSR count). The Hall–Kier alpha value is -2.96. The molecule has 1 heterocycles. The summed E-state index contributed by atoms with van der Waals surface area (Å²) in [6.07, 6.45) is 0.791. The molecule has 1 aromatic heterocycles. The van der Waals surface area contributed by atoms with Gasteiger partial charge in [-0.25, -0.2) is 13.6 Å². The van der Waals surface area contributed by atoms with Crippen LogP contribution in [0.1, 0.15) is 0 Å². The molecule has 12 heteroatoms. The number of rotatable bonds is 6. The lowest BCUT2D eigenvalue weighted by atomic mass is 10.2. The zero-order chi connectivity index (χ0) is 21.4. The van der Waals surface area contributed by atoms with E-state index in [1.807, 2.05) is 43.3 Å². The van der Waals surface area contributed by atoms with Crippen molar-refractivity contribution in [1.82, 2.24) is 10.2 Å². The molecule has 0 saturated carbocycles. The Bertz CT molecular complexity index is 1250. The highest BCUT2D eigenvalue weighted by molar-refractivity contribution is 7.89. The van der Waals surface area contributed by atoms with Gasteiger partial charge in [-0.1, -0.05) is 0 Å².